The minimum atomic E-state index is -0.683. The molecule has 0 spiro atoms. The van der Waals surface area contributed by atoms with E-state index in [0.717, 1.165) is 32.1 Å². The van der Waals surface area contributed by atoms with Gasteiger partial charge in [0.05, 0.1) is 12.2 Å². The van der Waals surface area contributed by atoms with E-state index in [1.165, 1.54) is 25.7 Å². The van der Waals surface area contributed by atoms with Crippen LogP contribution in [0.25, 0.3) is 0 Å². The van der Waals surface area contributed by atoms with E-state index in [1.54, 1.807) is 0 Å². The first-order valence-electron chi connectivity index (χ1n) is 12.7. The lowest BCUT2D eigenvalue weighted by molar-refractivity contribution is -0.203. The fraction of sp³-hybridized carbons (Fsp3) is 0.962. The molecule has 4 nitrogen and oxygen atoms in total. The van der Waals surface area contributed by atoms with Crippen molar-refractivity contribution in [2.75, 3.05) is 0 Å². The van der Waals surface area contributed by atoms with Crippen LogP contribution in [-0.2, 0) is 4.79 Å². The molecule has 3 N–H and O–H groups in total. The normalized spacial score (nSPS) is 51.5. The maximum Gasteiger partial charge on any atom is 0.303 e. The molecule has 172 valence electrons. The molecule has 4 heteroatoms. The molecule has 4 saturated carbocycles. The third-order valence-corrected chi connectivity index (χ3v) is 11.0. The maximum absolute atomic E-state index is 11.7. The predicted octanol–water partition coefficient (Wildman–Crippen LogP) is 5.11. The summed E-state index contributed by atoms with van der Waals surface area (Å²) in [7, 11) is 0. The Morgan fingerprint density at radius 1 is 1.00 bits per heavy atom. The Bertz CT molecular complexity index is 649. The molecule has 4 rings (SSSR count). The van der Waals surface area contributed by atoms with Gasteiger partial charge in [0.25, 0.3) is 0 Å². The summed E-state index contributed by atoms with van der Waals surface area (Å²) in [6.45, 7) is 9.44. The van der Waals surface area contributed by atoms with E-state index in [0.29, 0.717) is 41.4 Å². The van der Waals surface area contributed by atoms with Crippen LogP contribution in [0.15, 0.2) is 0 Å². The molecular weight excluding hydrogens is 376 g/mol. The molecule has 8 unspecified atom stereocenters. The summed E-state index contributed by atoms with van der Waals surface area (Å²) in [6.07, 6.45) is 9.27. The molecule has 30 heavy (non-hydrogen) atoms. The largest absolute Gasteiger partial charge is 0.481 e. The Morgan fingerprint density at radius 2 is 1.67 bits per heavy atom. The van der Waals surface area contributed by atoms with Gasteiger partial charge in [-0.25, -0.2) is 0 Å². The van der Waals surface area contributed by atoms with Crippen LogP contribution in [0.5, 0.6) is 0 Å². The van der Waals surface area contributed by atoms with E-state index in [-0.39, 0.29) is 29.5 Å². The second-order valence-corrected chi connectivity index (χ2v) is 12.0. The number of carbonyl (C=O) groups is 1. The van der Waals surface area contributed by atoms with Gasteiger partial charge in [-0.1, -0.05) is 34.1 Å². The van der Waals surface area contributed by atoms with Crippen LogP contribution in [0.4, 0.5) is 0 Å². The summed E-state index contributed by atoms with van der Waals surface area (Å²) in [5, 5.41) is 31.3. The molecule has 4 aliphatic rings. The molecule has 0 heterocycles. The predicted molar refractivity (Wildman–Crippen MR) is 118 cm³/mol. The van der Waals surface area contributed by atoms with Crippen LogP contribution >= 0.6 is 0 Å². The van der Waals surface area contributed by atoms with E-state index < -0.39 is 5.97 Å². The highest BCUT2D eigenvalue weighted by molar-refractivity contribution is 5.66. The number of hydrogen-bond acceptors (Lipinski definition) is 3. The third kappa shape index (κ3) is 3.36. The lowest BCUT2D eigenvalue weighted by atomic mass is 9.41. The van der Waals surface area contributed by atoms with E-state index in [2.05, 4.69) is 27.7 Å². The molecular formula is C26H44O4. The van der Waals surface area contributed by atoms with E-state index in [9.17, 15) is 15.0 Å². The lowest BCUT2D eigenvalue weighted by Crippen LogP contribution is -2.62. The summed E-state index contributed by atoms with van der Waals surface area (Å²) in [5.74, 6) is 2.58. The summed E-state index contributed by atoms with van der Waals surface area (Å²) in [5.41, 5.74) is 0.480. The molecule has 11 atom stereocenters. The van der Waals surface area contributed by atoms with Crippen molar-refractivity contribution in [2.45, 2.75) is 104 Å². The van der Waals surface area contributed by atoms with E-state index in [4.69, 9.17) is 5.11 Å². The summed E-state index contributed by atoms with van der Waals surface area (Å²) < 4.78 is 0. The van der Waals surface area contributed by atoms with Gasteiger partial charge in [0.15, 0.2) is 0 Å². The second-order valence-electron chi connectivity index (χ2n) is 12.0. The van der Waals surface area contributed by atoms with Gasteiger partial charge >= 0.3 is 5.97 Å². The van der Waals surface area contributed by atoms with Crippen molar-refractivity contribution >= 4 is 5.97 Å². The first-order chi connectivity index (χ1) is 14.1. The van der Waals surface area contributed by atoms with Gasteiger partial charge < -0.3 is 15.3 Å². The van der Waals surface area contributed by atoms with Gasteiger partial charge in [0.1, 0.15) is 0 Å². The summed E-state index contributed by atoms with van der Waals surface area (Å²) in [4.78, 5) is 11.1. The second kappa shape index (κ2) is 8.06. The van der Waals surface area contributed by atoms with Crippen LogP contribution in [0.3, 0.4) is 0 Å². The monoisotopic (exact) mass is 420 g/mol. The van der Waals surface area contributed by atoms with Crippen molar-refractivity contribution < 1.29 is 20.1 Å². The van der Waals surface area contributed by atoms with Crippen LogP contribution < -0.4 is 0 Å². The Kier molecular flexibility index (Phi) is 6.07. The topological polar surface area (TPSA) is 77.8 Å². The number of hydrogen-bond donors (Lipinski definition) is 3. The molecule has 4 fully saturated rings. The highest BCUT2D eigenvalue weighted by Gasteiger charge is 2.64. The smallest absolute Gasteiger partial charge is 0.303 e. The first-order valence-corrected chi connectivity index (χ1v) is 12.7. The first kappa shape index (κ1) is 22.6. The standard InChI is InChI=1S/C26H44O4/c1-5-17-21-14-16(27)10-12-26(21,4)20-11-13-25(3)18(15(2)6-9-22(28)29)7-8-19(25)23(20)24(17)30/h15-21,23-24,27,30H,5-14H2,1-4H3,(H,28,29)/t15?,16-,17-,18?,19?,20?,21?,23?,24+,25?,26?/m1/s1. The van der Waals surface area contributed by atoms with E-state index >= 15 is 0 Å². The minimum absolute atomic E-state index is 0.194. The average Bonchev–Trinajstić information content (AvgIpc) is 3.05. The molecule has 0 radical (unpaired) electrons. The van der Waals surface area contributed by atoms with E-state index in [1.807, 2.05) is 0 Å². The highest BCUT2D eigenvalue weighted by atomic mass is 16.4. The van der Waals surface area contributed by atoms with Crippen molar-refractivity contribution in [3.8, 4) is 0 Å². The quantitative estimate of drug-likeness (QED) is 0.577. The number of aliphatic hydroxyl groups is 2. The van der Waals surface area contributed by atoms with Crippen LogP contribution in [0.1, 0.15) is 91.9 Å². The van der Waals surface area contributed by atoms with Crippen molar-refractivity contribution in [1.29, 1.82) is 0 Å². The van der Waals surface area contributed by atoms with Gasteiger partial charge in [-0.3, -0.25) is 4.79 Å². The molecule has 0 aromatic carbocycles. The zero-order chi connectivity index (χ0) is 21.8. The maximum atomic E-state index is 11.7. The van der Waals surface area contributed by atoms with Crippen molar-refractivity contribution in [3.63, 3.8) is 0 Å². The Morgan fingerprint density at radius 3 is 2.33 bits per heavy atom. The molecule has 0 aromatic rings. The molecule has 0 aliphatic heterocycles. The fourth-order valence-corrected chi connectivity index (χ4v) is 9.48. The van der Waals surface area contributed by atoms with Gasteiger partial charge in [-0.15, -0.1) is 0 Å². The van der Waals surface area contributed by atoms with Crippen LogP contribution in [-0.4, -0.2) is 33.5 Å². The molecule has 0 saturated heterocycles. The summed E-state index contributed by atoms with van der Waals surface area (Å²) in [6, 6.07) is 0. The van der Waals surface area contributed by atoms with Gasteiger partial charge in [0.2, 0.25) is 0 Å². The molecule has 0 aromatic heterocycles. The van der Waals surface area contributed by atoms with Gasteiger partial charge in [-0.2, -0.15) is 0 Å². The Labute approximate surface area is 182 Å². The molecule has 0 amide bonds. The zero-order valence-electron chi connectivity index (χ0n) is 19.5. The van der Waals surface area contributed by atoms with Crippen LogP contribution in [0.2, 0.25) is 0 Å². The average molecular weight is 421 g/mol. The number of fused-ring (bicyclic) bond motifs is 5. The number of carboxylic acid groups (broad SMARTS) is 1. The number of aliphatic hydroxyl groups excluding tert-OH is 2. The third-order valence-electron chi connectivity index (χ3n) is 11.0. The SMILES string of the molecule is CC[C@@H]1C2C[C@H](O)CCC2(C)C2CCC3(C)C(C(C)CCC(=O)O)CCC3C2[C@H]1O. The Hall–Kier alpha value is -0.610. The van der Waals surface area contributed by atoms with Crippen LogP contribution in [0, 0.1) is 52.3 Å². The zero-order valence-corrected chi connectivity index (χ0v) is 19.5. The van der Waals surface area contributed by atoms with Crippen molar-refractivity contribution in [2.24, 2.45) is 52.3 Å². The van der Waals surface area contributed by atoms with Crippen molar-refractivity contribution in [1.82, 2.24) is 0 Å². The van der Waals surface area contributed by atoms with Gasteiger partial charge in [-0.05, 0) is 104 Å². The Balaban J connectivity index is 1.61. The number of rotatable bonds is 5. The molecule has 4 aliphatic carbocycles. The van der Waals surface area contributed by atoms with Gasteiger partial charge in [0, 0.05) is 6.42 Å². The van der Waals surface area contributed by atoms with Crippen molar-refractivity contribution in [3.05, 3.63) is 0 Å². The lowest BCUT2D eigenvalue weighted by Gasteiger charge is -2.64. The number of aliphatic carboxylic acids is 1. The molecule has 0 bridgehead atoms. The minimum Gasteiger partial charge on any atom is -0.481 e. The highest BCUT2D eigenvalue weighted by Crippen LogP contribution is 2.69. The fourth-order valence-electron chi connectivity index (χ4n) is 9.48. The number of carboxylic acids is 1. The summed E-state index contributed by atoms with van der Waals surface area (Å²) >= 11 is 0.